The normalized spacial score (nSPS) is 16.6. The lowest BCUT2D eigenvalue weighted by Crippen LogP contribution is -2.32. The lowest BCUT2D eigenvalue weighted by atomic mass is 10.2. The summed E-state index contributed by atoms with van der Waals surface area (Å²) in [4.78, 5) is 10.9. The Morgan fingerprint density at radius 1 is 1.22 bits per heavy atom. The van der Waals surface area contributed by atoms with E-state index < -0.39 is 15.9 Å². The first kappa shape index (κ1) is 17.6. The number of primary amides is 1. The summed E-state index contributed by atoms with van der Waals surface area (Å²) in [6, 6.07) is 4.44. The third-order valence-electron chi connectivity index (χ3n) is 3.70. The number of carbonyl (C=O) groups excluding carboxylic acids is 1. The number of carbonyl (C=O) groups is 1. The molecule has 1 aromatic rings. The molecule has 2 N–H and O–H groups in total. The van der Waals surface area contributed by atoms with Crippen molar-refractivity contribution < 1.29 is 22.7 Å². The Balaban J connectivity index is 2.33. The van der Waals surface area contributed by atoms with Gasteiger partial charge < -0.3 is 15.2 Å². The van der Waals surface area contributed by atoms with Crippen LogP contribution in [0.2, 0.25) is 0 Å². The van der Waals surface area contributed by atoms with Gasteiger partial charge in [0.2, 0.25) is 10.0 Å². The fourth-order valence-corrected chi connectivity index (χ4v) is 4.21. The van der Waals surface area contributed by atoms with Gasteiger partial charge >= 0.3 is 0 Å². The van der Waals surface area contributed by atoms with Gasteiger partial charge in [0.15, 0.2) is 6.61 Å². The predicted molar refractivity (Wildman–Crippen MR) is 84.9 cm³/mol. The minimum absolute atomic E-state index is 0.0453. The number of nitrogens with zero attached hydrogens (tertiary/aromatic N) is 1. The van der Waals surface area contributed by atoms with Crippen LogP contribution in [0.15, 0.2) is 23.1 Å². The van der Waals surface area contributed by atoms with Gasteiger partial charge in [0.1, 0.15) is 16.4 Å². The molecule has 1 amide bonds. The Hall–Kier alpha value is -1.80. The van der Waals surface area contributed by atoms with E-state index in [-0.39, 0.29) is 23.0 Å². The van der Waals surface area contributed by atoms with E-state index in [1.165, 1.54) is 23.5 Å². The number of amides is 1. The van der Waals surface area contributed by atoms with Gasteiger partial charge in [-0.15, -0.1) is 0 Å². The van der Waals surface area contributed by atoms with Crippen LogP contribution in [0, 0.1) is 0 Å². The zero-order chi connectivity index (χ0) is 16.9. The maximum absolute atomic E-state index is 12.9. The van der Waals surface area contributed by atoms with Crippen molar-refractivity contribution in [3.63, 3.8) is 0 Å². The summed E-state index contributed by atoms with van der Waals surface area (Å²) in [5, 5.41) is 0. The van der Waals surface area contributed by atoms with E-state index in [9.17, 15) is 13.2 Å². The molecule has 0 aliphatic carbocycles. The SMILES string of the molecule is COc1ccc(OCC(N)=O)cc1S(=O)(=O)N1CCCCCC1. The Kier molecular flexibility index (Phi) is 5.84. The molecule has 1 heterocycles. The van der Waals surface area contributed by atoms with Crippen LogP contribution < -0.4 is 15.2 Å². The van der Waals surface area contributed by atoms with Gasteiger partial charge in [-0.3, -0.25) is 4.79 Å². The Morgan fingerprint density at radius 3 is 2.43 bits per heavy atom. The Labute approximate surface area is 136 Å². The van der Waals surface area contributed by atoms with Gasteiger partial charge in [0, 0.05) is 19.2 Å². The molecule has 0 atom stereocenters. The summed E-state index contributed by atoms with van der Waals surface area (Å²) in [5.41, 5.74) is 5.04. The maximum Gasteiger partial charge on any atom is 0.255 e. The Bertz CT molecular complexity index is 652. The number of hydrogen-bond donors (Lipinski definition) is 1. The van der Waals surface area contributed by atoms with Crippen molar-refractivity contribution >= 4 is 15.9 Å². The minimum Gasteiger partial charge on any atom is -0.495 e. The first-order chi connectivity index (χ1) is 10.9. The summed E-state index contributed by atoms with van der Waals surface area (Å²) in [6.45, 7) is 0.686. The maximum atomic E-state index is 12.9. The smallest absolute Gasteiger partial charge is 0.255 e. The third-order valence-corrected chi connectivity index (χ3v) is 5.62. The van der Waals surface area contributed by atoms with Crippen LogP contribution in [0.25, 0.3) is 0 Å². The molecule has 0 aromatic heterocycles. The highest BCUT2D eigenvalue weighted by atomic mass is 32.2. The molecular weight excluding hydrogens is 320 g/mol. The van der Waals surface area contributed by atoms with Crippen molar-refractivity contribution in [3.05, 3.63) is 18.2 Å². The number of methoxy groups -OCH3 is 1. The molecule has 1 aromatic carbocycles. The zero-order valence-electron chi connectivity index (χ0n) is 13.2. The number of benzene rings is 1. The molecule has 1 aliphatic rings. The Morgan fingerprint density at radius 2 is 1.87 bits per heavy atom. The molecule has 0 saturated carbocycles. The van der Waals surface area contributed by atoms with Crippen LogP contribution in [0.4, 0.5) is 0 Å². The van der Waals surface area contributed by atoms with Crippen LogP contribution in [-0.2, 0) is 14.8 Å². The summed E-state index contributed by atoms with van der Waals surface area (Å²) in [5.74, 6) is -0.114. The first-order valence-electron chi connectivity index (χ1n) is 7.54. The fraction of sp³-hybridized carbons (Fsp3) is 0.533. The number of nitrogens with two attached hydrogens (primary N) is 1. The van der Waals surface area contributed by atoms with Crippen LogP contribution >= 0.6 is 0 Å². The molecule has 1 saturated heterocycles. The number of sulfonamides is 1. The highest BCUT2D eigenvalue weighted by Crippen LogP contribution is 2.31. The van der Waals surface area contributed by atoms with Crippen molar-refractivity contribution in [1.29, 1.82) is 0 Å². The van der Waals surface area contributed by atoms with Crippen molar-refractivity contribution in [2.75, 3.05) is 26.8 Å². The molecule has 8 heteroatoms. The van der Waals surface area contributed by atoms with Gasteiger partial charge in [-0.25, -0.2) is 8.42 Å². The van der Waals surface area contributed by atoms with Crippen LogP contribution in [-0.4, -0.2) is 45.4 Å². The van der Waals surface area contributed by atoms with E-state index in [1.807, 2.05) is 0 Å². The second-order valence-electron chi connectivity index (χ2n) is 5.39. The largest absolute Gasteiger partial charge is 0.495 e. The van der Waals surface area contributed by atoms with E-state index in [2.05, 4.69) is 0 Å². The van der Waals surface area contributed by atoms with Gasteiger partial charge in [0.05, 0.1) is 7.11 Å². The van der Waals surface area contributed by atoms with Gasteiger partial charge in [-0.2, -0.15) is 4.31 Å². The molecule has 2 rings (SSSR count). The average Bonchev–Trinajstić information content (AvgIpc) is 2.82. The average molecular weight is 342 g/mol. The van der Waals surface area contributed by atoms with Gasteiger partial charge in [-0.05, 0) is 25.0 Å². The summed E-state index contributed by atoms with van der Waals surface area (Å²) in [7, 11) is -2.26. The summed E-state index contributed by atoms with van der Waals surface area (Å²) in [6.07, 6.45) is 3.76. The summed E-state index contributed by atoms with van der Waals surface area (Å²) < 4.78 is 37.7. The highest BCUT2D eigenvalue weighted by Gasteiger charge is 2.28. The molecule has 7 nitrogen and oxygen atoms in total. The third kappa shape index (κ3) is 4.35. The molecule has 23 heavy (non-hydrogen) atoms. The van der Waals surface area contributed by atoms with Crippen molar-refractivity contribution in [3.8, 4) is 11.5 Å². The van der Waals surface area contributed by atoms with E-state index in [0.717, 1.165) is 25.7 Å². The highest BCUT2D eigenvalue weighted by molar-refractivity contribution is 7.89. The standard InChI is InChI=1S/C15H22N2O5S/c1-21-13-7-6-12(22-11-15(16)18)10-14(13)23(19,20)17-8-4-2-3-5-9-17/h6-7,10H,2-5,8-9,11H2,1H3,(H2,16,18). The lowest BCUT2D eigenvalue weighted by molar-refractivity contribution is -0.119. The van der Waals surface area contributed by atoms with Gasteiger partial charge in [-0.1, -0.05) is 12.8 Å². The first-order valence-corrected chi connectivity index (χ1v) is 8.98. The van der Waals surface area contributed by atoms with Crippen molar-refractivity contribution in [2.24, 2.45) is 5.73 Å². The molecular formula is C15H22N2O5S. The van der Waals surface area contributed by atoms with E-state index in [4.69, 9.17) is 15.2 Å². The number of hydrogen-bond acceptors (Lipinski definition) is 5. The number of ether oxygens (including phenoxy) is 2. The molecule has 0 radical (unpaired) electrons. The molecule has 0 unspecified atom stereocenters. The van der Waals surface area contributed by atoms with Crippen LogP contribution in [0.5, 0.6) is 11.5 Å². The molecule has 1 aliphatic heterocycles. The predicted octanol–water partition coefficient (Wildman–Crippen LogP) is 1.12. The van der Waals surface area contributed by atoms with Crippen molar-refractivity contribution in [2.45, 2.75) is 30.6 Å². The van der Waals surface area contributed by atoms with E-state index in [1.54, 1.807) is 6.07 Å². The molecule has 0 bridgehead atoms. The molecule has 1 fully saturated rings. The zero-order valence-corrected chi connectivity index (χ0v) is 14.0. The van der Waals surface area contributed by atoms with Gasteiger partial charge in [0.25, 0.3) is 5.91 Å². The summed E-state index contributed by atoms with van der Waals surface area (Å²) >= 11 is 0. The molecule has 0 spiro atoms. The lowest BCUT2D eigenvalue weighted by Gasteiger charge is -2.21. The monoisotopic (exact) mass is 342 g/mol. The second-order valence-corrected chi connectivity index (χ2v) is 7.29. The molecule has 128 valence electrons. The number of rotatable bonds is 6. The van der Waals surface area contributed by atoms with Crippen LogP contribution in [0.3, 0.4) is 0 Å². The fourth-order valence-electron chi connectivity index (χ4n) is 2.52. The topological polar surface area (TPSA) is 98.9 Å². The second kappa shape index (κ2) is 7.65. The van der Waals surface area contributed by atoms with Crippen LogP contribution in [0.1, 0.15) is 25.7 Å². The minimum atomic E-state index is -3.68. The van der Waals surface area contributed by atoms with E-state index in [0.29, 0.717) is 13.1 Å². The van der Waals surface area contributed by atoms with Crippen molar-refractivity contribution in [1.82, 2.24) is 4.31 Å². The quantitative estimate of drug-likeness (QED) is 0.835. The van der Waals surface area contributed by atoms with E-state index >= 15 is 0 Å².